The number of allylic oxidation sites excluding steroid dienone is 1. The molecule has 0 rings (SSSR count). The Morgan fingerprint density at radius 1 is 1.62 bits per heavy atom. The van der Waals surface area contributed by atoms with Crippen molar-refractivity contribution in [3.05, 3.63) is 11.9 Å². The molecule has 4 heteroatoms. The molecule has 0 heterocycles. The molecule has 0 radical (unpaired) electrons. The zero-order chi connectivity index (χ0) is 10.3. The van der Waals surface area contributed by atoms with Crippen LogP contribution in [0, 0.1) is 0 Å². The Kier molecular flexibility index (Phi) is 6.36. The van der Waals surface area contributed by atoms with Gasteiger partial charge in [0.1, 0.15) is 0 Å². The first-order valence-corrected chi connectivity index (χ1v) is 4.47. The van der Waals surface area contributed by atoms with Crippen LogP contribution in [-0.2, 0) is 4.74 Å². The van der Waals surface area contributed by atoms with Crippen molar-refractivity contribution in [1.82, 2.24) is 5.32 Å². The Balaban J connectivity index is 3.40. The Morgan fingerprint density at radius 3 is 2.69 bits per heavy atom. The van der Waals surface area contributed by atoms with Crippen molar-refractivity contribution in [2.45, 2.75) is 33.0 Å². The van der Waals surface area contributed by atoms with Crippen LogP contribution >= 0.6 is 0 Å². The lowest BCUT2D eigenvalue weighted by Crippen LogP contribution is -2.29. The molecular formula is C9H20N2O2. The molecule has 0 saturated carbocycles. The second-order valence-electron chi connectivity index (χ2n) is 3.33. The predicted molar refractivity (Wildman–Crippen MR) is 53.0 cm³/mol. The van der Waals surface area contributed by atoms with Crippen molar-refractivity contribution >= 4 is 0 Å². The average molecular weight is 188 g/mol. The Hall–Kier alpha value is -0.740. The summed E-state index contributed by atoms with van der Waals surface area (Å²) in [5.41, 5.74) is 6.08. The second kappa shape index (κ2) is 6.74. The summed E-state index contributed by atoms with van der Waals surface area (Å²) in [5.74, 6) is 0. The molecule has 0 aromatic rings. The number of hydrogen-bond donors (Lipinski definition) is 3. The van der Waals surface area contributed by atoms with Crippen molar-refractivity contribution < 1.29 is 9.84 Å². The quantitative estimate of drug-likeness (QED) is 0.556. The molecule has 0 amide bonds. The highest BCUT2D eigenvalue weighted by atomic mass is 16.5. The largest absolute Gasteiger partial charge is 0.401 e. The topological polar surface area (TPSA) is 67.5 Å². The lowest BCUT2D eigenvalue weighted by molar-refractivity contribution is 0.00754. The summed E-state index contributed by atoms with van der Waals surface area (Å²) < 4.78 is 5.22. The summed E-state index contributed by atoms with van der Waals surface area (Å²) in [4.78, 5) is 0. The molecule has 0 aromatic carbocycles. The molecule has 0 aliphatic rings. The third-order valence-corrected chi connectivity index (χ3v) is 1.31. The van der Waals surface area contributed by atoms with E-state index in [1.54, 1.807) is 13.1 Å². The van der Waals surface area contributed by atoms with E-state index in [4.69, 9.17) is 10.5 Å². The highest BCUT2D eigenvalue weighted by molar-refractivity contribution is 4.89. The van der Waals surface area contributed by atoms with Gasteiger partial charge in [0.05, 0.1) is 18.8 Å². The van der Waals surface area contributed by atoms with Gasteiger partial charge < -0.3 is 20.9 Å². The maximum Gasteiger partial charge on any atom is 0.0945 e. The minimum atomic E-state index is -0.488. The van der Waals surface area contributed by atoms with Crippen LogP contribution in [0.2, 0.25) is 0 Å². The summed E-state index contributed by atoms with van der Waals surface area (Å²) in [6.07, 6.45) is 1.33. The monoisotopic (exact) mass is 188 g/mol. The summed E-state index contributed by atoms with van der Waals surface area (Å²) in [6, 6.07) is 0. The number of ether oxygens (including phenoxy) is 1. The van der Waals surface area contributed by atoms with Crippen molar-refractivity contribution in [1.29, 1.82) is 0 Å². The molecule has 0 spiro atoms. The zero-order valence-electron chi connectivity index (χ0n) is 8.58. The molecule has 1 atom stereocenters. The minimum absolute atomic E-state index is 0.154. The van der Waals surface area contributed by atoms with E-state index >= 15 is 0 Å². The van der Waals surface area contributed by atoms with Crippen LogP contribution < -0.4 is 11.1 Å². The molecule has 78 valence electrons. The fraction of sp³-hybridized carbons (Fsp3) is 0.778. The maximum atomic E-state index is 9.35. The van der Waals surface area contributed by atoms with Crippen LogP contribution in [0.3, 0.4) is 0 Å². The molecule has 0 bridgehead atoms. The van der Waals surface area contributed by atoms with E-state index in [-0.39, 0.29) is 6.10 Å². The van der Waals surface area contributed by atoms with Crippen LogP contribution in [0.1, 0.15) is 20.8 Å². The second-order valence-corrected chi connectivity index (χ2v) is 3.33. The van der Waals surface area contributed by atoms with Crippen LogP contribution in [0.5, 0.6) is 0 Å². The standard InChI is InChI=1S/C9H20N2O2/c1-7(2)13-6-9(12)5-11-4-8(3)10/h4,7,9,11-12H,5-6,10H2,1-3H3. The Morgan fingerprint density at radius 2 is 2.23 bits per heavy atom. The van der Waals surface area contributed by atoms with Gasteiger partial charge in [-0.25, -0.2) is 0 Å². The molecule has 4 nitrogen and oxygen atoms in total. The maximum absolute atomic E-state index is 9.35. The van der Waals surface area contributed by atoms with Gasteiger partial charge in [0.25, 0.3) is 0 Å². The number of aliphatic hydroxyl groups excluding tert-OH is 1. The first-order chi connectivity index (χ1) is 6.02. The molecule has 1 unspecified atom stereocenters. The van der Waals surface area contributed by atoms with Gasteiger partial charge in [-0.1, -0.05) is 0 Å². The Labute approximate surface area is 79.8 Å². The summed E-state index contributed by atoms with van der Waals surface area (Å²) in [6.45, 7) is 6.46. The van der Waals surface area contributed by atoms with E-state index in [2.05, 4.69) is 5.32 Å². The van der Waals surface area contributed by atoms with Gasteiger partial charge in [0.15, 0.2) is 0 Å². The third kappa shape index (κ3) is 9.17. The first-order valence-electron chi connectivity index (χ1n) is 4.47. The fourth-order valence-corrected chi connectivity index (χ4v) is 0.718. The van der Waals surface area contributed by atoms with Crippen LogP contribution in [-0.4, -0.2) is 30.5 Å². The number of aliphatic hydroxyl groups is 1. The van der Waals surface area contributed by atoms with E-state index in [0.717, 1.165) is 0 Å². The molecule has 0 saturated heterocycles. The lowest BCUT2D eigenvalue weighted by atomic mass is 10.3. The van der Waals surface area contributed by atoms with Gasteiger partial charge in [0, 0.05) is 18.4 Å². The minimum Gasteiger partial charge on any atom is -0.401 e. The van der Waals surface area contributed by atoms with E-state index < -0.39 is 6.10 Å². The molecule has 0 fully saturated rings. The van der Waals surface area contributed by atoms with Gasteiger partial charge in [-0.2, -0.15) is 0 Å². The molecule has 0 aromatic heterocycles. The first kappa shape index (κ1) is 12.3. The van der Waals surface area contributed by atoms with Crippen LogP contribution in [0.25, 0.3) is 0 Å². The van der Waals surface area contributed by atoms with Gasteiger partial charge >= 0.3 is 0 Å². The summed E-state index contributed by atoms with van der Waals surface area (Å²) in [7, 11) is 0. The van der Waals surface area contributed by atoms with Crippen molar-refractivity contribution in [2.24, 2.45) is 5.73 Å². The SMILES string of the molecule is CC(N)=CNCC(O)COC(C)C. The van der Waals surface area contributed by atoms with Crippen LogP contribution in [0.15, 0.2) is 11.9 Å². The average Bonchev–Trinajstić information content (AvgIpc) is 2.00. The van der Waals surface area contributed by atoms with Gasteiger partial charge in [-0.05, 0) is 20.8 Å². The third-order valence-electron chi connectivity index (χ3n) is 1.31. The van der Waals surface area contributed by atoms with Crippen molar-refractivity contribution in [3.63, 3.8) is 0 Å². The van der Waals surface area contributed by atoms with E-state index in [9.17, 15) is 5.11 Å². The number of nitrogens with one attached hydrogen (secondary N) is 1. The molecule has 0 aliphatic heterocycles. The number of hydrogen-bond acceptors (Lipinski definition) is 4. The molecule has 0 aliphatic carbocycles. The van der Waals surface area contributed by atoms with Gasteiger partial charge in [-0.15, -0.1) is 0 Å². The summed E-state index contributed by atoms with van der Waals surface area (Å²) in [5, 5.41) is 12.2. The normalized spacial score (nSPS) is 14.7. The van der Waals surface area contributed by atoms with Crippen LogP contribution in [0.4, 0.5) is 0 Å². The smallest absolute Gasteiger partial charge is 0.0945 e. The molecular weight excluding hydrogens is 168 g/mol. The molecule has 4 N–H and O–H groups in total. The van der Waals surface area contributed by atoms with Gasteiger partial charge in [0.2, 0.25) is 0 Å². The lowest BCUT2D eigenvalue weighted by Gasteiger charge is -2.13. The Bertz CT molecular complexity index is 154. The van der Waals surface area contributed by atoms with E-state index in [1.165, 1.54) is 0 Å². The highest BCUT2D eigenvalue weighted by Gasteiger charge is 2.03. The number of rotatable bonds is 6. The fourth-order valence-electron chi connectivity index (χ4n) is 0.718. The predicted octanol–water partition coefficient (Wildman–Crippen LogP) is 0.182. The van der Waals surface area contributed by atoms with Crippen molar-refractivity contribution in [2.75, 3.05) is 13.2 Å². The van der Waals surface area contributed by atoms with E-state index in [0.29, 0.717) is 18.8 Å². The summed E-state index contributed by atoms with van der Waals surface area (Å²) >= 11 is 0. The number of nitrogens with two attached hydrogens (primary N) is 1. The van der Waals surface area contributed by atoms with Crippen molar-refractivity contribution in [3.8, 4) is 0 Å². The molecule has 13 heavy (non-hydrogen) atoms. The van der Waals surface area contributed by atoms with Gasteiger partial charge in [-0.3, -0.25) is 0 Å². The van der Waals surface area contributed by atoms with E-state index in [1.807, 2.05) is 13.8 Å². The zero-order valence-corrected chi connectivity index (χ0v) is 8.58. The highest BCUT2D eigenvalue weighted by Crippen LogP contribution is 1.90.